The number of hydrogen-bond donors (Lipinski definition) is 3. The fourth-order valence-corrected chi connectivity index (χ4v) is 3.86. The summed E-state index contributed by atoms with van der Waals surface area (Å²) in [6.07, 6.45) is 2.96. The molecular weight excluding hydrogens is 433 g/mol. The van der Waals surface area contributed by atoms with E-state index in [0.29, 0.717) is 25.5 Å². The lowest BCUT2D eigenvalue weighted by Crippen LogP contribution is -2.49. The van der Waals surface area contributed by atoms with Crippen molar-refractivity contribution in [2.24, 2.45) is 11.8 Å². The Kier molecular flexibility index (Phi) is 7.60. The van der Waals surface area contributed by atoms with Crippen LogP contribution in [0, 0.1) is 17.8 Å². The molecule has 1 aromatic carbocycles. The molecule has 6 nitrogen and oxygen atoms in total. The van der Waals surface area contributed by atoms with Gasteiger partial charge in [0.15, 0.2) is 0 Å². The third kappa shape index (κ3) is 6.89. The number of pyridine rings is 1. The van der Waals surface area contributed by atoms with E-state index in [1.165, 1.54) is 18.9 Å². The summed E-state index contributed by atoms with van der Waals surface area (Å²) in [4.78, 5) is 16.6. The van der Waals surface area contributed by atoms with Gasteiger partial charge in [-0.05, 0) is 43.7 Å². The number of amides is 1. The Morgan fingerprint density at radius 1 is 1.28 bits per heavy atom. The molecule has 2 saturated carbocycles. The molecule has 4 rings (SSSR count). The van der Waals surface area contributed by atoms with E-state index in [1.807, 2.05) is 30.3 Å². The molecule has 8 heteroatoms. The molecule has 0 bridgehead atoms. The van der Waals surface area contributed by atoms with Crippen LogP contribution in [0.4, 0.5) is 4.39 Å². The van der Waals surface area contributed by atoms with E-state index < -0.39 is 24.0 Å². The lowest BCUT2D eigenvalue weighted by molar-refractivity contribution is 0.0829. The number of halogens is 2. The Balaban J connectivity index is 1.41. The molecule has 0 saturated heterocycles. The predicted molar refractivity (Wildman–Crippen MR) is 120 cm³/mol. The number of aromatic nitrogens is 1. The second kappa shape index (κ2) is 10.6. The lowest BCUT2D eigenvalue weighted by atomic mass is 10.0. The molecule has 172 valence electrons. The van der Waals surface area contributed by atoms with Crippen molar-refractivity contribution in [3.05, 3.63) is 59.5 Å². The fraction of sp³-hybridized carbons (Fsp3) is 0.500. The van der Waals surface area contributed by atoms with Crippen molar-refractivity contribution in [2.75, 3.05) is 19.7 Å². The monoisotopic (exact) mass is 461 g/mol. The average molecular weight is 462 g/mol. The number of aliphatic hydroxyl groups excluding tert-OH is 1. The van der Waals surface area contributed by atoms with Gasteiger partial charge in [-0.2, -0.15) is 9.37 Å². The van der Waals surface area contributed by atoms with Crippen molar-refractivity contribution in [2.45, 2.75) is 43.2 Å². The van der Waals surface area contributed by atoms with Crippen molar-refractivity contribution in [1.29, 1.82) is 0 Å². The number of hydrogen-bond acceptors (Lipinski definition) is 5. The van der Waals surface area contributed by atoms with Gasteiger partial charge in [0.05, 0.1) is 18.8 Å². The largest absolute Gasteiger partial charge is 0.477 e. The van der Waals surface area contributed by atoms with Crippen molar-refractivity contribution in [1.82, 2.24) is 15.6 Å². The maximum Gasteiger partial charge on any atom is 0.251 e. The lowest BCUT2D eigenvalue weighted by Gasteiger charge is -2.25. The van der Waals surface area contributed by atoms with Gasteiger partial charge in [0, 0.05) is 35.5 Å². The number of ether oxygens (including phenoxy) is 1. The number of rotatable bonds is 12. The van der Waals surface area contributed by atoms with Crippen molar-refractivity contribution in [3.63, 3.8) is 0 Å². The Labute approximate surface area is 192 Å². The summed E-state index contributed by atoms with van der Waals surface area (Å²) in [5.74, 6) is -0.311. The zero-order valence-corrected chi connectivity index (χ0v) is 18.6. The topological polar surface area (TPSA) is 83.5 Å². The van der Waals surface area contributed by atoms with Crippen molar-refractivity contribution < 1.29 is 19.0 Å². The van der Waals surface area contributed by atoms with Gasteiger partial charge in [-0.3, -0.25) is 4.79 Å². The Morgan fingerprint density at radius 2 is 2.03 bits per heavy atom. The van der Waals surface area contributed by atoms with Crippen molar-refractivity contribution >= 4 is 17.5 Å². The van der Waals surface area contributed by atoms with Gasteiger partial charge >= 0.3 is 0 Å². The number of carbonyl (C=O) groups is 1. The number of alkyl halides is 1. The first-order chi connectivity index (χ1) is 15.5. The van der Waals surface area contributed by atoms with Crippen LogP contribution in [-0.4, -0.2) is 53.2 Å². The minimum absolute atomic E-state index is 0.0529. The molecule has 4 atom stereocenters. The molecule has 0 unspecified atom stereocenters. The number of nitrogens with one attached hydrogen (secondary N) is 2. The highest BCUT2D eigenvalue weighted by Gasteiger charge is 2.36. The van der Waals surface area contributed by atoms with E-state index in [2.05, 4.69) is 15.6 Å². The molecule has 1 aromatic heterocycles. The first kappa shape index (κ1) is 23.0. The van der Waals surface area contributed by atoms with Gasteiger partial charge in [0.2, 0.25) is 11.8 Å². The average Bonchev–Trinajstić information content (AvgIpc) is 3.70. The van der Waals surface area contributed by atoms with Crippen LogP contribution in [0.5, 0.6) is 5.88 Å². The van der Waals surface area contributed by atoms with E-state index >= 15 is 0 Å². The molecule has 0 radical (unpaired) electrons. The maximum atomic E-state index is 14.0. The van der Waals surface area contributed by atoms with Crippen LogP contribution in [0.15, 0.2) is 42.5 Å². The van der Waals surface area contributed by atoms with Gasteiger partial charge in [-0.15, -0.1) is 11.6 Å². The normalized spacial score (nSPS) is 21.6. The van der Waals surface area contributed by atoms with E-state index in [9.17, 15) is 14.3 Å². The highest BCUT2D eigenvalue weighted by atomic mass is 35.5. The van der Waals surface area contributed by atoms with E-state index in [-0.39, 0.29) is 22.7 Å². The van der Waals surface area contributed by atoms with Crippen LogP contribution >= 0.6 is 11.6 Å². The first-order valence-electron chi connectivity index (χ1n) is 11.2. The predicted octanol–water partition coefficient (Wildman–Crippen LogP) is 2.93. The second-order valence-electron chi connectivity index (χ2n) is 8.78. The zero-order valence-electron chi connectivity index (χ0n) is 17.8. The van der Waals surface area contributed by atoms with Crippen LogP contribution in [0.3, 0.4) is 0 Å². The number of aliphatic hydroxyl groups is 1. The molecule has 1 heterocycles. The molecule has 0 aliphatic heterocycles. The van der Waals surface area contributed by atoms with Crippen molar-refractivity contribution in [3.8, 4) is 5.88 Å². The van der Waals surface area contributed by atoms with Gasteiger partial charge in [0.1, 0.15) is 0 Å². The SMILES string of the molecule is O=C(N[C@@H](Cc1ccccc1)[C@H](O)CNCC1CC1)c1cc(F)nc(OC[C@H]2C[C@@H]2Cl)c1. The minimum Gasteiger partial charge on any atom is -0.477 e. The number of carbonyl (C=O) groups excluding carboxylic acids is 1. The molecule has 32 heavy (non-hydrogen) atoms. The first-order valence-corrected chi connectivity index (χ1v) is 11.6. The minimum atomic E-state index is -0.796. The molecule has 1 amide bonds. The summed E-state index contributed by atoms with van der Waals surface area (Å²) in [6.45, 7) is 1.57. The highest BCUT2D eigenvalue weighted by molar-refractivity contribution is 6.22. The fourth-order valence-electron chi connectivity index (χ4n) is 3.56. The molecule has 0 spiro atoms. The number of benzene rings is 1. The zero-order chi connectivity index (χ0) is 22.5. The smallest absolute Gasteiger partial charge is 0.251 e. The molecular formula is C24H29ClFN3O3. The summed E-state index contributed by atoms with van der Waals surface area (Å²) < 4.78 is 19.6. The summed E-state index contributed by atoms with van der Waals surface area (Å²) >= 11 is 5.97. The number of nitrogens with zero attached hydrogens (tertiary/aromatic N) is 1. The molecule has 2 aliphatic carbocycles. The van der Waals surface area contributed by atoms with Crippen LogP contribution < -0.4 is 15.4 Å². The molecule has 2 fully saturated rings. The third-order valence-electron chi connectivity index (χ3n) is 5.88. The molecule has 2 aromatic rings. The van der Waals surface area contributed by atoms with Gasteiger partial charge in [-0.25, -0.2) is 0 Å². The summed E-state index contributed by atoms with van der Waals surface area (Å²) in [5, 5.41) is 17.0. The van der Waals surface area contributed by atoms with Crippen LogP contribution in [-0.2, 0) is 6.42 Å². The molecule has 2 aliphatic rings. The highest BCUT2D eigenvalue weighted by Crippen LogP contribution is 2.36. The summed E-state index contributed by atoms with van der Waals surface area (Å²) in [7, 11) is 0. The van der Waals surface area contributed by atoms with E-state index in [4.69, 9.17) is 16.3 Å². The van der Waals surface area contributed by atoms with E-state index in [1.54, 1.807) is 0 Å². The second-order valence-corrected chi connectivity index (χ2v) is 9.34. The standard InChI is InChI=1S/C24H29ClFN3O3/c25-19-9-18(19)14-32-23-11-17(10-22(26)29-23)24(31)28-20(8-15-4-2-1-3-5-15)21(30)13-27-12-16-6-7-16/h1-5,10-11,16,18-21,27,30H,6-9,12-14H2,(H,28,31)/t18-,19+,20+,21-/m1/s1. The maximum absolute atomic E-state index is 14.0. The van der Waals surface area contributed by atoms with Gasteiger partial charge < -0.3 is 20.5 Å². The Bertz CT molecular complexity index is 913. The summed E-state index contributed by atoms with van der Waals surface area (Å²) in [5.41, 5.74) is 1.09. The quantitative estimate of drug-likeness (QED) is 0.334. The summed E-state index contributed by atoms with van der Waals surface area (Å²) in [6, 6.07) is 11.6. The van der Waals surface area contributed by atoms with E-state index in [0.717, 1.165) is 24.6 Å². The Morgan fingerprint density at radius 3 is 2.72 bits per heavy atom. The van der Waals surface area contributed by atoms with Crippen LogP contribution in [0.1, 0.15) is 35.2 Å². The van der Waals surface area contributed by atoms with Crippen LogP contribution in [0.2, 0.25) is 0 Å². The Hall–Kier alpha value is -2.22. The van der Waals surface area contributed by atoms with Crippen LogP contribution in [0.25, 0.3) is 0 Å². The molecule has 3 N–H and O–H groups in total. The van der Waals surface area contributed by atoms with Gasteiger partial charge in [0.25, 0.3) is 5.91 Å². The third-order valence-corrected chi connectivity index (χ3v) is 6.41. The van der Waals surface area contributed by atoms with Gasteiger partial charge in [-0.1, -0.05) is 30.3 Å².